The van der Waals surface area contributed by atoms with Gasteiger partial charge in [-0.2, -0.15) is 0 Å². The van der Waals surface area contributed by atoms with Crippen LogP contribution < -0.4 is 4.74 Å². The molecule has 1 aromatic rings. The quantitative estimate of drug-likeness (QED) is 0.731. The van der Waals surface area contributed by atoms with E-state index in [4.69, 9.17) is 9.47 Å². The zero-order chi connectivity index (χ0) is 14.4. The van der Waals surface area contributed by atoms with Crippen molar-refractivity contribution >= 4 is 5.97 Å². The Balaban J connectivity index is 2.98. The minimum absolute atomic E-state index is 0.0305. The largest absolute Gasteiger partial charge is 0.481 e. The van der Waals surface area contributed by atoms with Gasteiger partial charge in [0, 0.05) is 0 Å². The number of para-hydroxylation sites is 1. The summed E-state index contributed by atoms with van der Waals surface area (Å²) in [6.07, 6.45) is 0. The molecule has 0 radical (unpaired) electrons. The van der Waals surface area contributed by atoms with Crippen LogP contribution in [0.25, 0.3) is 0 Å². The topological polar surface area (TPSA) is 35.5 Å². The third kappa shape index (κ3) is 4.27. The minimum atomic E-state index is -0.323. The van der Waals surface area contributed by atoms with Crippen LogP contribution >= 0.6 is 0 Å². The Kier molecular flexibility index (Phi) is 5.87. The minimum Gasteiger partial charge on any atom is -0.481 e. The van der Waals surface area contributed by atoms with E-state index in [2.05, 4.69) is 39.8 Å². The summed E-state index contributed by atoms with van der Waals surface area (Å²) in [7, 11) is 0. The number of rotatable bonds is 6. The zero-order valence-corrected chi connectivity index (χ0v) is 12.5. The Labute approximate surface area is 115 Å². The summed E-state index contributed by atoms with van der Waals surface area (Å²) in [5.41, 5.74) is 2.27. The Morgan fingerprint density at radius 2 is 1.63 bits per heavy atom. The average molecular weight is 264 g/mol. The number of hydrogen-bond donors (Lipinski definition) is 0. The summed E-state index contributed by atoms with van der Waals surface area (Å²) in [5.74, 6) is 1.23. The molecule has 106 valence electrons. The fraction of sp³-hybridized carbons (Fsp3) is 0.562. The lowest BCUT2D eigenvalue weighted by Crippen LogP contribution is -2.16. The van der Waals surface area contributed by atoms with E-state index in [9.17, 15) is 4.79 Å². The maximum absolute atomic E-state index is 11.4. The molecule has 1 rings (SSSR count). The van der Waals surface area contributed by atoms with Crippen LogP contribution in [-0.2, 0) is 9.53 Å². The second kappa shape index (κ2) is 7.17. The van der Waals surface area contributed by atoms with Crippen molar-refractivity contribution < 1.29 is 14.3 Å². The first-order valence-electron chi connectivity index (χ1n) is 6.88. The van der Waals surface area contributed by atoms with E-state index in [-0.39, 0.29) is 12.6 Å². The predicted molar refractivity (Wildman–Crippen MR) is 76.7 cm³/mol. The normalized spacial score (nSPS) is 10.9. The van der Waals surface area contributed by atoms with E-state index in [1.165, 1.54) is 0 Å². The first-order valence-corrected chi connectivity index (χ1v) is 6.88. The number of carbonyl (C=O) groups is 1. The number of benzene rings is 1. The lowest BCUT2D eigenvalue weighted by molar-refractivity contribution is -0.145. The fourth-order valence-corrected chi connectivity index (χ4v) is 1.98. The molecule has 0 aliphatic rings. The van der Waals surface area contributed by atoms with Crippen molar-refractivity contribution in [3.63, 3.8) is 0 Å². The lowest BCUT2D eigenvalue weighted by atomic mass is 9.94. The molecule has 0 bridgehead atoms. The first kappa shape index (κ1) is 15.5. The molecule has 0 spiro atoms. The van der Waals surface area contributed by atoms with Crippen LogP contribution in [0.15, 0.2) is 18.2 Å². The molecule has 0 aliphatic carbocycles. The van der Waals surface area contributed by atoms with Crippen molar-refractivity contribution in [3.8, 4) is 5.75 Å². The van der Waals surface area contributed by atoms with Crippen molar-refractivity contribution in [3.05, 3.63) is 29.3 Å². The number of ether oxygens (including phenoxy) is 2. The van der Waals surface area contributed by atoms with Crippen molar-refractivity contribution in [1.29, 1.82) is 0 Å². The number of esters is 1. The summed E-state index contributed by atoms with van der Waals surface area (Å²) in [5, 5.41) is 0. The third-order valence-electron chi connectivity index (χ3n) is 2.96. The molecule has 3 heteroatoms. The van der Waals surface area contributed by atoms with Crippen LogP contribution in [-0.4, -0.2) is 19.2 Å². The van der Waals surface area contributed by atoms with Crippen molar-refractivity contribution in [1.82, 2.24) is 0 Å². The van der Waals surface area contributed by atoms with Gasteiger partial charge in [-0.15, -0.1) is 0 Å². The van der Waals surface area contributed by atoms with E-state index in [0.717, 1.165) is 16.9 Å². The van der Waals surface area contributed by atoms with Crippen LogP contribution in [0.2, 0.25) is 0 Å². The monoisotopic (exact) mass is 264 g/mol. The van der Waals surface area contributed by atoms with Gasteiger partial charge in [0.05, 0.1) is 6.61 Å². The van der Waals surface area contributed by atoms with Crippen molar-refractivity contribution in [2.45, 2.75) is 46.5 Å². The standard InChI is InChI=1S/C16H24O3/c1-6-18-15(17)10-19-16-13(11(2)3)8-7-9-14(16)12(4)5/h7-9,11-12H,6,10H2,1-5H3. The van der Waals surface area contributed by atoms with Gasteiger partial charge in [0.15, 0.2) is 6.61 Å². The van der Waals surface area contributed by atoms with Gasteiger partial charge in [0.2, 0.25) is 0 Å². The van der Waals surface area contributed by atoms with Crippen LogP contribution in [0.5, 0.6) is 5.75 Å². The first-order chi connectivity index (χ1) is 8.97. The molecule has 0 fully saturated rings. The van der Waals surface area contributed by atoms with Gasteiger partial charge in [0.25, 0.3) is 0 Å². The van der Waals surface area contributed by atoms with Gasteiger partial charge < -0.3 is 9.47 Å². The van der Waals surface area contributed by atoms with Gasteiger partial charge in [-0.1, -0.05) is 45.9 Å². The molecule has 0 saturated carbocycles. The molecule has 0 aliphatic heterocycles. The third-order valence-corrected chi connectivity index (χ3v) is 2.96. The molecule has 0 aromatic heterocycles. The summed E-state index contributed by atoms with van der Waals surface area (Å²) in [4.78, 5) is 11.4. The summed E-state index contributed by atoms with van der Waals surface area (Å²) < 4.78 is 10.6. The second-order valence-electron chi connectivity index (χ2n) is 5.17. The van der Waals surface area contributed by atoms with E-state index in [1.54, 1.807) is 6.92 Å². The van der Waals surface area contributed by atoms with Crippen molar-refractivity contribution in [2.75, 3.05) is 13.2 Å². The van der Waals surface area contributed by atoms with Gasteiger partial charge >= 0.3 is 5.97 Å². The molecule has 0 saturated heterocycles. The molecule has 0 atom stereocenters. The number of hydrogen-bond acceptors (Lipinski definition) is 3. The SMILES string of the molecule is CCOC(=O)COc1c(C(C)C)cccc1C(C)C. The molecular formula is C16H24O3. The van der Waals surface area contributed by atoms with Gasteiger partial charge in [0.1, 0.15) is 5.75 Å². The maximum Gasteiger partial charge on any atom is 0.344 e. The highest BCUT2D eigenvalue weighted by atomic mass is 16.6. The van der Waals surface area contributed by atoms with Crippen molar-refractivity contribution in [2.24, 2.45) is 0 Å². The van der Waals surface area contributed by atoms with Crippen LogP contribution in [0.4, 0.5) is 0 Å². The highest BCUT2D eigenvalue weighted by Crippen LogP contribution is 2.34. The smallest absolute Gasteiger partial charge is 0.344 e. The second-order valence-corrected chi connectivity index (χ2v) is 5.17. The number of carbonyl (C=O) groups excluding carboxylic acids is 1. The van der Waals surface area contributed by atoms with Gasteiger partial charge in [-0.05, 0) is 29.9 Å². The van der Waals surface area contributed by atoms with Gasteiger partial charge in [-0.25, -0.2) is 4.79 Å². The maximum atomic E-state index is 11.4. The van der Waals surface area contributed by atoms with Gasteiger partial charge in [-0.3, -0.25) is 0 Å². The highest BCUT2D eigenvalue weighted by molar-refractivity contribution is 5.71. The Bertz CT molecular complexity index is 396. The molecule has 19 heavy (non-hydrogen) atoms. The molecule has 0 amide bonds. The predicted octanol–water partition coefficient (Wildman–Crippen LogP) is 3.88. The summed E-state index contributed by atoms with van der Waals surface area (Å²) in [6, 6.07) is 6.15. The van der Waals surface area contributed by atoms with Crippen LogP contribution in [0.1, 0.15) is 57.6 Å². The molecular weight excluding hydrogens is 240 g/mol. The average Bonchev–Trinajstić information content (AvgIpc) is 2.35. The lowest BCUT2D eigenvalue weighted by Gasteiger charge is -2.19. The van der Waals surface area contributed by atoms with E-state index >= 15 is 0 Å². The van der Waals surface area contributed by atoms with E-state index < -0.39 is 0 Å². The summed E-state index contributed by atoms with van der Waals surface area (Å²) in [6.45, 7) is 10.6. The van der Waals surface area contributed by atoms with Crippen LogP contribution in [0, 0.1) is 0 Å². The van der Waals surface area contributed by atoms with Crippen LogP contribution in [0.3, 0.4) is 0 Å². The Morgan fingerprint density at radius 3 is 2.05 bits per heavy atom. The Morgan fingerprint density at radius 1 is 1.11 bits per heavy atom. The highest BCUT2D eigenvalue weighted by Gasteiger charge is 2.16. The molecule has 3 nitrogen and oxygen atoms in total. The van der Waals surface area contributed by atoms with E-state index in [0.29, 0.717) is 18.4 Å². The summed E-state index contributed by atoms with van der Waals surface area (Å²) >= 11 is 0. The fourth-order valence-electron chi connectivity index (χ4n) is 1.98. The molecule has 0 unspecified atom stereocenters. The molecule has 1 aromatic carbocycles. The zero-order valence-electron chi connectivity index (χ0n) is 12.5. The molecule has 0 N–H and O–H groups in total. The Hall–Kier alpha value is -1.51. The molecule has 0 heterocycles. The van der Waals surface area contributed by atoms with E-state index in [1.807, 2.05) is 6.07 Å².